The highest BCUT2D eigenvalue weighted by Crippen LogP contribution is 2.20. The summed E-state index contributed by atoms with van der Waals surface area (Å²) in [6.45, 7) is 0.238. The van der Waals surface area contributed by atoms with Crippen LogP contribution in [0.4, 0.5) is 0 Å². The molecule has 4 aromatic rings. The summed E-state index contributed by atoms with van der Waals surface area (Å²) < 4.78 is 8.35. The van der Waals surface area contributed by atoms with Gasteiger partial charge >= 0.3 is 5.97 Å². The molecule has 0 bridgehead atoms. The van der Waals surface area contributed by atoms with Crippen LogP contribution < -0.4 is 14.4 Å². The standard InChI is InChI=1S/C19H13ClN4O3/c20-14-4-6-15(7-5-14)27-19(26)17-18(25)24(11-13-9-21-12-22-10-13)16-3-1-2-8-23(16)17/h1-10,12H,11H2. The molecule has 0 amide bonds. The number of hydrogen-bond acceptors (Lipinski definition) is 5. The number of aromatic nitrogens is 4. The van der Waals surface area contributed by atoms with Gasteiger partial charge in [-0.1, -0.05) is 17.7 Å². The Morgan fingerprint density at radius 3 is 2.63 bits per heavy atom. The fraction of sp³-hybridized carbons (Fsp3) is 0.0526. The smallest absolute Gasteiger partial charge is 0.387 e. The lowest BCUT2D eigenvalue weighted by atomic mass is 10.3. The molecule has 0 aliphatic rings. The van der Waals surface area contributed by atoms with E-state index in [9.17, 15) is 9.90 Å². The minimum absolute atomic E-state index is 0.0857. The van der Waals surface area contributed by atoms with Gasteiger partial charge in [0.05, 0.1) is 6.20 Å². The van der Waals surface area contributed by atoms with Crippen molar-refractivity contribution in [2.24, 2.45) is 0 Å². The molecule has 4 rings (SSSR count). The number of hydrogen-bond donors (Lipinski definition) is 0. The van der Waals surface area contributed by atoms with E-state index in [0.29, 0.717) is 16.4 Å². The van der Waals surface area contributed by atoms with Crippen molar-refractivity contribution in [1.82, 2.24) is 14.4 Å². The summed E-state index contributed by atoms with van der Waals surface area (Å²) in [4.78, 5) is 20.6. The summed E-state index contributed by atoms with van der Waals surface area (Å²) in [6, 6.07) is 11.6. The van der Waals surface area contributed by atoms with Crippen molar-refractivity contribution in [3.05, 3.63) is 83.7 Å². The third kappa shape index (κ3) is 3.32. The van der Waals surface area contributed by atoms with Crippen molar-refractivity contribution < 1.29 is 19.2 Å². The number of benzene rings is 1. The Hall–Kier alpha value is -3.45. The number of carbonyl (C=O) groups excluding carboxylic acids is 1. The van der Waals surface area contributed by atoms with Crippen molar-refractivity contribution >= 4 is 23.2 Å². The number of ether oxygens (including phenoxy) is 1. The van der Waals surface area contributed by atoms with Crippen LogP contribution in [0.5, 0.6) is 11.6 Å². The van der Waals surface area contributed by atoms with E-state index < -0.39 is 11.8 Å². The molecule has 0 saturated carbocycles. The van der Waals surface area contributed by atoms with Crippen molar-refractivity contribution in [3.8, 4) is 11.6 Å². The average Bonchev–Trinajstić information content (AvgIpc) is 2.96. The first-order valence-corrected chi connectivity index (χ1v) is 8.43. The summed E-state index contributed by atoms with van der Waals surface area (Å²) in [5, 5.41) is 13.5. The maximum absolute atomic E-state index is 13.0. The first kappa shape index (κ1) is 17.0. The van der Waals surface area contributed by atoms with Crippen LogP contribution in [0.2, 0.25) is 5.02 Å². The number of halogens is 1. The molecule has 0 N–H and O–H groups in total. The Balaban J connectivity index is 1.75. The molecule has 0 fully saturated rings. The number of carbonyl (C=O) groups is 1. The van der Waals surface area contributed by atoms with Gasteiger partial charge < -0.3 is 9.84 Å². The Bertz CT molecular complexity index is 1110. The van der Waals surface area contributed by atoms with Crippen LogP contribution in [0, 0.1) is 0 Å². The van der Waals surface area contributed by atoms with Gasteiger partial charge in [0.25, 0.3) is 11.3 Å². The third-order valence-corrected chi connectivity index (χ3v) is 4.23. The van der Waals surface area contributed by atoms with Crippen LogP contribution in [0.25, 0.3) is 5.65 Å². The zero-order valence-electron chi connectivity index (χ0n) is 13.9. The second-order valence-corrected chi connectivity index (χ2v) is 6.20. The molecule has 27 heavy (non-hydrogen) atoms. The molecule has 0 aliphatic heterocycles. The maximum atomic E-state index is 13.0. The fourth-order valence-corrected chi connectivity index (χ4v) is 2.89. The fourth-order valence-electron chi connectivity index (χ4n) is 2.77. The summed E-state index contributed by atoms with van der Waals surface area (Å²) >= 11 is 5.84. The predicted octanol–water partition coefficient (Wildman–Crippen LogP) is 2.01. The van der Waals surface area contributed by atoms with Gasteiger partial charge in [0.2, 0.25) is 0 Å². The lowest BCUT2D eigenvalue weighted by molar-refractivity contribution is -0.704. The summed E-state index contributed by atoms with van der Waals surface area (Å²) in [7, 11) is 0. The molecule has 1 aromatic carbocycles. The molecule has 0 unspecified atom stereocenters. The zero-order valence-corrected chi connectivity index (χ0v) is 14.7. The number of imidazole rings is 1. The van der Waals surface area contributed by atoms with Crippen LogP contribution in [0.1, 0.15) is 16.1 Å². The monoisotopic (exact) mass is 380 g/mol. The lowest BCUT2D eigenvalue weighted by Crippen LogP contribution is -2.37. The summed E-state index contributed by atoms with van der Waals surface area (Å²) in [5.74, 6) is -0.895. The van der Waals surface area contributed by atoms with Gasteiger partial charge in [-0.2, -0.15) is 4.40 Å². The number of fused-ring (bicyclic) bond motifs is 1. The van der Waals surface area contributed by atoms with Gasteiger partial charge in [0.15, 0.2) is 0 Å². The molecule has 134 valence electrons. The first-order valence-electron chi connectivity index (χ1n) is 8.05. The first-order chi connectivity index (χ1) is 13.1. The van der Waals surface area contributed by atoms with Crippen LogP contribution in [-0.2, 0) is 6.54 Å². The van der Waals surface area contributed by atoms with E-state index in [4.69, 9.17) is 16.3 Å². The highest BCUT2D eigenvalue weighted by molar-refractivity contribution is 6.30. The number of esters is 1. The minimum atomic E-state index is -0.744. The second kappa shape index (κ2) is 7.05. The molecular formula is C19H13ClN4O3. The second-order valence-electron chi connectivity index (χ2n) is 5.76. The molecule has 8 heteroatoms. The largest absolute Gasteiger partial charge is 0.839 e. The van der Waals surface area contributed by atoms with Crippen molar-refractivity contribution in [2.45, 2.75) is 6.54 Å². The number of nitrogens with zero attached hydrogens (tertiary/aromatic N) is 4. The highest BCUT2D eigenvalue weighted by Gasteiger charge is 2.27. The van der Waals surface area contributed by atoms with Crippen molar-refractivity contribution in [3.63, 3.8) is 0 Å². The third-order valence-electron chi connectivity index (χ3n) is 3.98. The molecular weight excluding hydrogens is 368 g/mol. The topological polar surface area (TPSA) is 83.4 Å². The molecule has 0 saturated heterocycles. The Kier molecular flexibility index (Phi) is 4.43. The van der Waals surface area contributed by atoms with E-state index in [1.165, 1.54) is 15.3 Å². The van der Waals surface area contributed by atoms with Gasteiger partial charge in [-0.15, -0.1) is 0 Å². The van der Waals surface area contributed by atoms with Crippen molar-refractivity contribution in [2.75, 3.05) is 0 Å². The normalized spacial score (nSPS) is 10.9. The zero-order chi connectivity index (χ0) is 18.8. The van der Waals surface area contributed by atoms with Gasteiger partial charge in [-0.25, -0.2) is 19.3 Å². The summed E-state index contributed by atoms with van der Waals surface area (Å²) in [5.41, 5.74) is 1.22. The van der Waals surface area contributed by atoms with Crippen LogP contribution >= 0.6 is 11.6 Å². The van der Waals surface area contributed by atoms with E-state index in [0.717, 1.165) is 5.56 Å². The maximum Gasteiger partial charge on any atom is 0.387 e. The Morgan fingerprint density at radius 1 is 1.15 bits per heavy atom. The summed E-state index contributed by atoms with van der Waals surface area (Å²) in [6.07, 6.45) is 6.31. The quantitative estimate of drug-likeness (QED) is 0.307. The van der Waals surface area contributed by atoms with E-state index in [-0.39, 0.29) is 12.2 Å². The molecule has 0 radical (unpaired) electrons. The molecule has 3 heterocycles. The molecule has 0 atom stereocenters. The van der Waals surface area contributed by atoms with Gasteiger partial charge in [-0.3, -0.25) is 0 Å². The Morgan fingerprint density at radius 2 is 1.89 bits per heavy atom. The molecule has 7 nitrogen and oxygen atoms in total. The Labute approximate surface area is 159 Å². The number of pyridine rings is 1. The van der Waals surface area contributed by atoms with E-state index >= 15 is 0 Å². The van der Waals surface area contributed by atoms with Gasteiger partial charge in [0, 0.05) is 29.0 Å². The number of rotatable bonds is 4. The highest BCUT2D eigenvalue weighted by atomic mass is 35.5. The molecule has 3 aromatic heterocycles. The van der Waals surface area contributed by atoms with Gasteiger partial charge in [0.1, 0.15) is 24.5 Å². The average molecular weight is 381 g/mol. The van der Waals surface area contributed by atoms with Crippen LogP contribution in [0.15, 0.2) is 67.4 Å². The minimum Gasteiger partial charge on any atom is -0.839 e. The van der Waals surface area contributed by atoms with Crippen LogP contribution in [-0.4, -0.2) is 20.3 Å². The van der Waals surface area contributed by atoms with E-state index in [1.54, 1.807) is 61.1 Å². The van der Waals surface area contributed by atoms with E-state index in [2.05, 4.69) is 9.97 Å². The lowest BCUT2D eigenvalue weighted by Gasteiger charge is -2.07. The van der Waals surface area contributed by atoms with Crippen molar-refractivity contribution in [1.29, 1.82) is 0 Å². The molecule has 0 spiro atoms. The predicted molar refractivity (Wildman–Crippen MR) is 94.6 cm³/mol. The van der Waals surface area contributed by atoms with Crippen LogP contribution in [0.3, 0.4) is 0 Å². The van der Waals surface area contributed by atoms with E-state index in [1.807, 2.05) is 0 Å². The molecule has 0 aliphatic carbocycles. The SMILES string of the molecule is O=C(Oc1ccc(Cl)cc1)c1c([O-])[n+](Cc2cncnc2)c2ccccn12. The van der Waals surface area contributed by atoms with Gasteiger partial charge in [-0.05, 0) is 30.3 Å².